The second kappa shape index (κ2) is 9.93. The fourth-order valence-electron chi connectivity index (χ4n) is 2.93. The van der Waals surface area contributed by atoms with Gasteiger partial charge >= 0.3 is 0 Å². The molecule has 0 radical (unpaired) electrons. The van der Waals surface area contributed by atoms with Crippen molar-refractivity contribution < 1.29 is 33.5 Å². The molecule has 7 heteroatoms. The molecular formula is C22H28O7. The standard InChI is InChI=1S/C22H28O7/c1-8-14-9-16(24-3)22(17(10-14)25-4)29-13(2)20(23)15-11-18(26-5)21(28-7)19(12-15)27-6/h8-13,20,23H,1H2,2-7H3/t13-,20-/m1/s1. The summed E-state index contributed by atoms with van der Waals surface area (Å²) in [7, 11) is 7.63. The topological polar surface area (TPSA) is 75.6 Å². The number of benzene rings is 2. The molecule has 0 aliphatic heterocycles. The van der Waals surface area contributed by atoms with E-state index in [1.54, 1.807) is 37.3 Å². The third-order valence-electron chi connectivity index (χ3n) is 4.50. The van der Waals surface area contributed by atoms with Gasteiger partial charge < -0.3 is 33.5 Å². The average molecular weight is 404 g/mol. The van der Waals surface area contributed by atoms with Gasteiger partial charge in [0, 0.05) is 0 Å². The Morgan fingerprint density at radius 2 is 1.21 bits per heavy atom. The van der Waals surface area contributed by atoms with Gasteiger partial charge in [-0.1, -0.05) is 12.7 Å². The van der Waals surface area contributed by atoms with Crippen LogP contribution in [0.5, 0.6) is 34.5 Å². The van der Waals surface area contributed by atoms with E-state index < -0.39 is 12.2 Å². The van der Waals surface area contributed by atoms with Crippen LogP contribution in [0.3, 0.4) is 0 Å². The van der Waals surface area contributed by atoms with Crippen LogP contribution in [0.1, 0.15) is 24.2 Å². The van der Waals surface area contributed by atoms with Crippen LogP contribution in [0.2, 0.25) is 0 Å². The second-order valence-electron chi connectivity index (χ2n) is 6.19. The molecule has 0 bridgehead atoms. The summed E-state index contributed by atoms with van der Waals surface area (Å²) in [5.41, 5.74) is 1.37. The van der Waals surface area contributed by atoms with Crippen LogP contribution < -0.4 is 28.4 Å². The summed E-state index contributed by atoms with van der Waals surface area (Å²) >= 11 is 0. The van der Waals surface area contributed by atoms with E-state index >= 15 is 0 Å². The van der Waals surface area contributed by atoms with Gasteiger partial charge in [-0.3, -0.25) is 0 Å². The fourth-order valence-corrected chi connectivity index (χ4v) is 2.93. The highest BCUT2D eigenvalue weighted by atomic mass is 16.6. The zero-order valence-corrected chi connectivity index (χ0v) is 17.6. The summed E-state index contributed by atoms with van der Waals surface area (Å²) < 4.78 is 32.9. The van der Waals surface area contributed by atoms with Gasteiger partial charge in [0.1, 0.15) is 12.2 Å². The van der Waals surface area contributed by atoms with E-state index in [0.29, 0.717) is 40.1 Å². The minimum atomic E-state index is -0.989. The monoisotopic (exact) mass is 404 g/mol. The molecule has 0 spiro atoms. The molecule has 0 heterocycles. The third-order valence-corrected chi connectivity index (χ3v) is 4.50. The summed E-state index contributed by atoms with van der Waals surface area (Å²) in [4.78, 5) is 0. The normalized spacial score (nSPS) is 12.5. The van der Waals surface area contributed by atoms with E-state index in [-0.39, 0.29) is 0 Å². The number of hydrogen-bond donors (Lipinski definition) is 1. The van der Waals surface area contributed by atoms with Gasteiger partial charge in [0.05, 0.1) is 35.5 Å². The molecule has 1 N–H and O–H groups in total. The smallest absolute Gasteiger partial charge is 0.203 e. The maximum absolute atomic E-state index is 10.9. The van der Waals surface area contributed by atoms with Crippen LogP contribution in [0.25, 0.3) is 6.08 Å². The molecule has 0 aliphatic carbocycles. The van der Waals surface area contributed by atoms with Crippen molar-refractivity contribution in [3.05, 3.63) is 42.0 Å². The predicted molar refractivity (Wildman–Crippen MR) is 111 cm³/mol. The lowest BCUT2D eigenvalue weighted by molar-refractivity contribution is 0.0431. The molecule has 158 valence electrons. The van der Waals surface area contributed by atoms with Crippen LogP contribution in [-0.2, 0) is 0 Å². The quantitative estimate of drug-likeness (QED) is 0.644. The fraction of sp³-hybridized carbons (Fsp3) is 0.364. The van der Waals surface area contributed by atoms with Crippen molar-refractivity contribution in [2.75, 3.05) is 35.5 Å². The minimum Gasteiger partial charge on any atom is -0.493 e. The van der Waals surface area contributed by atoms with Crippen LogP contribution in [0.15, 0.2) is 30.8 Å². The van der Waals surface area contributed by atoms with Crippen LogP contribution in [0, 0.1) is 0 Å². The Kier molecular flexibility index (Phi) is 7.61. The van der Waals surface area contributed by atoms with Gasteiger partial charge in [-0.15, -0.1) is 0 Å². The SMILES string of the molecule is C=Cc1cc(OC)c(O[C@H](C)[C@@H](O)c2cc(OC)c(OC)c(OC)c2)c(OC)c1. The van der Waals surface area contributed by atoms with Gasteiger partial charge in [-0.25, -0.2) is 0 Å². The molecule has 2 aromatic rings. The Labute approximate surface area is 171 Å². The maximum atomic E-state index is 10.9. The Hall–Kier alpha value is -3.06. The van der Waals surface area contributed by atoms with Gasteiger partial charge in [-0.2, -0.15) is 0 Å². The van der Waals surface area contributed by atoms with E-state index in [4.69, 9.17) is 28.4 Å². The molecule has 2 rings (SSSR count). The summed E-state index contributed by atoms with van der Waals surface area (Å²) in [5, 5.41) is 10.9. The zero-order valence-electron chi connectivity index (χ0n) is 17.6. The van der Waals surface area contributed by atoms with E-state index in [1.807, 2.05) is 0 Å². The molecule has 0 saturated heterocycles. The van der Waals surface area contributed by atoms with Gasteiger partial charge in [-0.05, 0) is 42.3 Å². The second-order valence-corrected chi connectivity index (χ2v) is 6.19. The molecule has 0 aromatic heterocycles. The van der Waals surface area contributed by atoms with Crippen molar-refractivity contribution in [2.24, 2.45) is 0 Å². The molecule has 0 saturated carbocycles. The number of aliphatic hydroxyl groups excluding tert-OH is 1. The summed E-state index contributed by atoms with van der Waals surface area (Å²) in [6, 6.07) is 6.93. The Morgan fingerprint density at radius 1 is 0.759 bits per heavy atom. The molecule has 2 atom stereocenters. The Bertz CT molecular complexity index is 797. The molecule has 0 amide bonds. The summed E-state index contributed by atoms with van der Waals surface area (Å²) in [5.74, 6) is 2.67. The minimum absolute atomic E-state index is 0.389. The first-order valence-corrected chi connectivity index (χ1v) is 8.97. The highest BCUT2D eigenvalue weighted by Gasteiger charge is 2.25. The van der Waals surface area contributed by atoms with Crippen LogP contribution >= 0.6 is 0 Å². The number of hydrogen-bond acceptors (Lipinski definition) is 7. The van der Waals surface area contributed by atoms with Crippen molar-refractivity contribution in [1.29, 1.82) is 0 Å². The van der Waals surface area contributed by atoms with Crippen molar-refractivity contribution in [3.63, 3.8) is 0 Å². The van der Waals surface area contributed by atoms with E-state index in [1.165, 1.54) is 35.5 Å². The first-order chi connectivity index (χ1) is 13.9. The lowest BCUT2D eigenvalue weighted by Gasteiger charge is -2.24. The van der Waals surface area contributed by atoms with Crippen LogP contribution in [-0.4, -0.2) is 46.8 Å². The van der Waals surface area contributed by atoms with Crippen LogP contribution in [0.4, 0.5) is 0 Å². The van der Waals surface area contributed by atoms with Gasteiger partial charge in [0.2, 0.25) is 11.5 Å². The predicted octanol–water partition coefficient (Wildman–Crippen LogP) is 3.87. The van der Waals surface area contributed by atoms with E-state index in [2.05, 4.69) is 6.58 Å². The molecule has 2 aromatic carbocycles. The van der Waals surface area contributed by atoms with E-state index in [0.717, 1.165) is 5.56 Å². The van der Waals surface area contributed by atoms with Crippen molar-refractivity contribution >= 4 is 6.08 Å². The average Bonchev–Trinajstić information content (AvgIpc) is 2.76. The van der Waals surface area contributed by atoms with Crippen molar-refractivity contribution in [1.82, 2.24) is 0 Å². The highest BCUT2D eigenvalue weighted by molar-refractivity contribution is 5.61. The lowest BCUT2D eigenvalue weighted by atomic mass is 10.0. The molecule has 7 nitrogen and oxygen atoms in total. The first-order valence-electron chi connectivity index (χ1n) is 8.97. The number of methoxy groups -OCH3 is 5. The Morgan fingerprint density at radius 3 is 1.59 bits per heavy atom. The number of ether oxygens (including phenoxy) is 6. The number of rotatable bonds is 10. The molecule has 0 fully saturated rings. The lowest BCUT2D eigenvalue weighted by Crippen LogP contribution is -2.22. The summed E-state index contributed by atoms with van der Waals surface area (Å²) in [6.45, 7) is 5.51. The third kappa shape index (κ3) is 4.68. The molecular weight excluding hydrogens is 376 g/mol. The molecule has 29 heavy (non-hydrogen) atoms. The Balaban J connectivity index is 2.39. The highest BCUT2D eigenvalue weighted by Crippen LogP contribution is 2.43. The first kappa shape index (κ1) is 22.2. The largest absolute Gasteiger partial charge is 0.493 e. The van der Waals surface area contributed by atoms with Crippen molar-refractivity contribution in [2.45, 2.75) is 19.1 Å². The number of aliphatic hydroxyl groups is 1. The maximum Gasteiger partial charge on any atom is 0.203 e. The van der Waals surface area contributed by atoms with E-state index in [9.17, 15) is 5.11 Å². The van der Waals surface area contributed by atoms with Crippen molar-refractivity contribution in [3.8, 4) is 34.5 Å². The van der Waals surface area contributed by atoms with Gasteiger partial charge in [0.15, 0.2) is 23.0 Å². The summed E-state index contributed by atoms with van der Waals surface area (Å²) in [6.07, 6.45) is 0.0515. The van der Waals surface area contributed by atoms with Gasteiger partial charge in [0.25, 0.3) is 0 Å². The molecule has 0 aliphatic rings. The zero-order chi connectivity index (χ0) is 21.6. The molecule has 0 unspecified atom stereocenters.